The summed E-state index contributed by atoms with van der Waals surface area (Å²) in [6.07, 6.45) is 2.49. The molecule has 1 aliphatic rings. The molecule has 0 saturated carbocycles. The van der Waals surface area contributed by atoms with E-state index < -0.39 is 4.92 Å². The molecule has 1 heterocycles. The van der Waals surface area contributed by atoms with Crippen LogP contribution >= 0.6 is 11.6 Å². The molecule has 1 amide bonds. The Morgan fingerprint density at radius 2 is 2.00 bits per heavy atom. The summed E-state index contributed by atoms with van der Waals surface area (Å²) in [4.78, 5) is 25.2. The third-order valence-electron chi connectivity index (χ3n) is 5.17. The molecule has 0 radical (unpaired) electrons. The second-order valence-electron chi connectivity index (χ2n) is 7.40. The van der Waals surface area contributed by atoms with Gasteiger partial charge in [-0.1, -0.05) is 30.7 Å². The number of halogens is 1. The Morgan fingerprint density at radius 1 is 1.29 bits per heavy atom. The molecular weight excluding hydrogens is 378 g/mol. The predicted molar refractivity (Wildman–Crippen MR) is 111 cm³/mol. The van der Waals surface area contributed by atoms with E-state index in [4.69, 9.17) is 11.6 Å². The Hall–Kier alpha value is -2.60. The molecule has 2 aromatic rings. The van der Waals surface area contributed by atoms with E-state index in [1.807, 2.05) is 19.1 Å². The Bertz CT molecular complexity index is 870. The molecular formula is C21H24ClN3O3. The van der Waals surface area contributed by atoms with Gasteiger partial charge < -0.3 is 10.2 Å². The number of piperidine rings is 1. The highest BCUT2D eigenvalue weighted by Gasteiger charge is 2.19. The fraction of sp³-hybridized carbons (Fsp3) is 0.381. The molecule has 0 unspecified atom stereocenters. The van der Waals surface area contributed by atoms with E-state index >= 15 is 0 Å². The number of nitrogens with zero attached hydrogens (tertiary/aromatic N) is 2. The number of hydrogen-bond acceptors (Lipinski definition) is 4. The van der Waals surface area contributed by atoms with Gasteiger partial charge in [-0.05, 0) is 49.4 Å². The number of non-ortho nitro benzene ring substituents is 1. The van der Waals surface area contributed by atoms with Gasteiger partial charge in [0, 0.05) is 30.9 Å². The maximum Gasteiger partial charge on any atom is 0.270 e. The number of amides is 1. The summed E-state index contributed by atoms with van der Waals surface area (Å²) in [6.45, 7) is 6.33. The summed E-state index contributed by atoms with van der Waals surface area (Å²) in [5, 5.41) is 13.8. The van der Waals surface area contributed by atoms with Gasteiger partial charge in [-0.15, -0.1) is 0 Å². The second-order valence-corrected chi connectivity index (χ2v) is 7.81. The molecule has 7 heteroatoms. The van der Waals surface area contributed by atoms with Crippen LogP contribution < -0.4 is 10.2 Å². The molecule has 3 rings (SSSR count). The number of anilines is 1. The third-order valence-corrected chi connectivity index (χ3v) is 5.48. The van der Waals surface area contributed by atoms with Gasteiger partial charge in [0.25, 0.3) is 11.6 Å². The van der Waals surface area contributed by atoms with E-state index in [0.29, 0.717) is 5.92 Å². The van der Waals surface area contributed by atoms with Crippen LogP contribution in [0.1, 0.15) is 48.7 Å². The van der Waals surface area contributed by atoms with Crippen LogP contribution in [0, 0.1) is 16.0 Å². The average Bonchev–Trinajstić information content (AvgIpc) is 2.67. The van der Waals surface area contributed by atoms with Crippen LogP contribution in [-0.4, -0.2) is 23.9 Å². The molecule has 2 aromatic carbocycles. The Balaban J connectivity index is 1.66. The Morgan fingerprint density at radius 3 is 2.61 bits per heavy atom. The van der Waals surface area contributed by atoms with Crippen LogP contribution in [0.5, 0.6) is 0 Å². The first-order chi connectivity index (χ1) is 13.3. The van der Waals surface area contributed by atoms with Crippen LogP contribution in [0.25, 0.3) is 0 Å². The maximum absolute atomic E-state index is 12.5. The van der Waals surface area contributed by atoms with Gasteiger partial charge in [0.15, 0.2) is 0 Å². The molecule has 1 fully saturated rings. The molecule has 0 aromatic heterocycles. The van der Waals surface area contributed by atoms with Crippen LogP contribution in [0.15, 0.2) is 42.5 Å². The number of nitrogens with one attached hydrogen (secondary N) is 1. The van der Waals surface area contributed by atoms with Gasteiger partial charge in [0.05, 0.1) is 21.6 Å². The summed E-state index contributed by atoms with van der Waals surface area (Å²) in [5.74, 6) is 0.347. The minimum Gasteiger partial charge on any atom is -0.371 e. The van der Waals surface area contributed by atoms with E-state index in [1.54, 1.807) is 0 Å². The molecule has 6 nitrogen and oxygen atoms in total. The highest BCUT2D eigenvalue weighted by Crippen LogP contribution is 2.26. The largest absolute Gasteiger partial charge is 0.371 e. The highest BCUT2D eigenvalue weighted by atomic mass is 35.5. The molecule has 1 aliphatic heterocycles. The first kappa shape index (κ1) is 20.1. The molecule has 0 spiro atoms. The smallest absolute Gasteiger partial charge is 0.270 e. The number of rotatable bonds is 5. The summed E-state index contributed by atoms with van der Waals surface area (Å²) in [6, 6.07) is 11.9. The summed E-state index contributed by atoms with van der Waals surface area (Å²) < 4.78 is 0. The van der Waals surface area contributed by atoms with Crippen molar-refractivity contribution in [3.63, 3.8) is 0 Å². The van der Waals surface area contributed by atoms with Gasteiger partial charge >= 0.3 is 0 Å². The highest BCUT2D eigenvalue weighted by molar-refractivity contribution is 6.34. The number of nitro benzene ring substituents is 1. The van der Waals surface area contributed by atoms with Crippen molar-refractivity contribution < 1.29 is 9.72 Å². The minimum absolute atomic E-state index is 0.0634. The van der Waals surface area contributed by atoms with Gasteiger partial charge in [-0.25, -0.2) is 0 Å². The fourth-order valence-electron chi connectivity index (χ4n) is 3.56. The fourth-order valence-corrected chi connectivity index (χ4v) is 3.82. The van der Waals surface area contributed by atoms with E-state index in [2.05, 4.69) is 29.3 Å². The van der Waals surface area contributed by atoms with E-state index in [1.165, 1.54) is 36.7 Å². The zero-order valence-corrected chi connectivity index (χ0v) is 16.8. The van der Waals surface area contributed by atoms with E-state index in [-0.39, 0.29) is 28.2 Å². The molecule has 2 atom stereocenters. The van der Waals surface area contributed by atoms with E-state index in [9.17, 15) is 14.9 Å². The average molecular weight is 402 g/mol. The standard InChI is InChI=1S/C21H24ClN3O3/c1-14-4-3-11-24(13-14)17-7-5-16(6-8-17)15(2)23-21(26)19-10-9-18(25(27)28)12-20(19)22/h5-10,12,14-15H,3-4,11,13H2,1-2H3,(H,23,26)/t14-,15-/m1/s1. The summed E-state index contributed by atoms with van der Waals surface area (Å²) in [7, 11) is 0. The first-order valence-corrected chi connectivity index (χ1v) is 9.82. The van der Waals surface area contributed by atoms with Crippen molar-refractivity contribution in [3.05, 3.63) is 68.7 Å². The monoisotopic (exact) mass is 401 g/mol. The number of nitro groups is 1. The van der Waals surface area contributed by atoms with E-state index in [0.717, 1.165) is 18.7 Å². The summed E-state index contributed by atoms with van der Waals surface area (Å²) in [5.41, 5.74) is 2.27. The van der Waals surface area contributed by atoms with Crippen molar-refractivity contribution in [2.24, 2.45) is 5.92 Å². The number of carbonyl (C=O) groups excluding carboxylic acids is 1. The van der Waals surface area contributed by atoms with Crippen molar-refractivity contribution in [3.8, 4) is 0 Å². The zero-order chi connectivity index (χ0) is 20.3. The quantitative estimate of drug-likeness (QED) is 0.566. The lowest BCUT2D eigenvalue weighted by Gasteiger charge is -2.33. The normalized spacial score (nSPS) is 17.8. The molecule has 148 valence electrons. The number of hydrogen-bond donors (Lipinski definition) is 1. The lowest BCUT2D eigenvalue weighted by Crippen LogP contribution is -2.34. The van der Waals surface area contributed by atoms with Crippen molar-refractivity contribution in [1.29, 1.82) is 0 Å². The van der Waals surface area contributed by atoms with Crippen molar-refractivity contribution in [2.45, 2.75) is 32.7 Å². The SMILES string of the molecule is C[C@@H]1CCCN(c2ccc([C@@H](C)NC(=O)c3ccc([N+](=O)[O-])cc3Cl)cc2)C1. The molecule has 1 N–H and O–H groups in total. The second kappa shape index (κ2) is 8.61. The Labute approximate surface area is 169 Å². The minimum atomic E-state index is -0.541. The van der Waals surface area contributed by atoms with Crippen molar-refractivity contribution >= 4 is 28.9 Å². The van der Waals surface area contributed by atoms with Gasteiger partial charge in [0.1, 0.15) is 0 Å². The first-order valence-electron chi connectivity index (χ1n) is 9.45. The third kappa shape index (κ3) is 4.62. The molecule has 0 bridgehead atoms. The molecule has 1 saturated heterocycles. The lowest BCUT2D eigenvalue weighted by atomic mass is 9.99. The lowest BCUT2D eigenvalue weighted by molar-refractivity contribution is -0.384. The van der Waals surface area contributed by atoms with Crippen LogP contribution in [0.2, 0.25) is 5.02 Å². The van der Waals surface area contributed by atoms with Gasteiger partial charge in [-0.2, -0.15) is 0 Å². The van der Waals surface area contributed by atoms with Gasteiger partial charge in [0.2, 0.25) is 0 Å². The molecule has 28 heavy (non-hydrogen) atoms. The van der Waals surface area contributed by atoms with Crippen molar-refractivity contribution in [1.82, 2.24) is 5.32 Å². The Kier molecular flexibility index (Phi) is 6.19. The topological polar surface area (TPSA) is 75.5 Å². The van der Waals surface area contributed by atoms with Crippen molar-refractivity contribution in [2.75, 3.05) is 18.0 Å². The zero-order valence-electron chi connectivity index (χ0n) is 16.0. The van der Waals surface area contributed by atoms with Crippen LogP contribution in [-0.2, 0) is 0 Å². The predicted octanol–water partition coefficient (Wildman–Crippen LogP) is 4.98. The van der Waals surface area contributed by atoms with Crippen LogP contribution in [0.4, 0.5) is 11.4 Å². The number of benzene rings is 2. The summed E-state index contributed by atoms with van der Waals surface area (Å²) >= 11 is 6.05. The van der Waals surface area contributed by atoms with Crippen LogP contribution in [0.3, 0.4) is 0 Å². The maximum atomic E-state index is 12.5. The molecule has 0 aliphatic carbocycles. The number of carbonyl (C=O) groups is 1. The van der Waals surface area contributed by atoms with Gasteiger partial charge in [-0.3, -0.25) is 14.9 Å².